The molecule has 41 heavy (non-hydrogen) atoms. The van der Waals surface area contributed by atoms with Gasteiger partial charge in [-0.25, -0.2) is 24.3 Å². The normalized spacial score (nSPS) is 17.7. The SMILES string of the molecule is N#Cc1ccc(COc2cccc(C3CCN(Cc4nc5ccc(C([O])=O)cc5n4C[C@@H]4CCO4)CC3)n2)c(F)c1. The lowest BCUT2D eigenvalue weighted by Gasteiger charge is -2.32. The van der Waals surface area contributed by atoms with Crippen LogP contribution in [0.1, 0.15) is 58.2 Å². The van der Waals surface area contributed by atoms with Crippen LogP contribution >= 0.6 is 0 Å². The highest BCUT2D eigenvalue weighted by molar-refractivity contribution is 5.92. The van der Waals surface area contributed by atoms with Crippen LogP contribution in [-0.4, -0.2) is 51.2 Å². The van der Waals surface area contributed by atoms with E-state index in [2.05, 4.69) is 9.47 Å². The molecule has 4 aromatic rings. The molecule has 0 unspecified atom stereocenters. The Labute approximate surface area is 236 Å². The van der Waals surface area contributed by atoms with E-state index in [0.717, 1.165) is 61.5 Å². The molecule has 0 aliphatic carbocycles. The molecule has 4 heterocycles. The molecule has 0 bridgehead atoms. The lowest BCUT2D eigenvalue weighted by molar-refractivity contribution is -0.0592. The number of pyridine rings is 1. The number of ether oxygens (including phenoxy) is 2. The van der Waals surface area contributed by atoms with Gasteiger partial charge in [-0.3, -0.25) is 4.90 Å². The third kappa shape index (κ3) is 5.92. The lowest BCUT2D eigenvalue weighted by Crippen LogP contribution is -2.35. The van der Waals surface area contributed by atoms with Crippen LogP contribution in [0, 0.1) is 17.1 Å². The monoisotopic (exact) mass is 554 g/mol. The van der Waals surface area contributed by atoms with Gasteiger partial charge in [-0.05, 0) is 68.8 Å². The summed E-state index contributed by atoms with van der Waals surface area (Å²) in [5.41, 5.74) is 3.28. The van der Waals surface area contributed by atoms with Crippen LogP contribution in [0.15, 0.2) is 54.6 Å². The minimum Gasteiger partial charge on any atom is -0.473 e. The van der Waals surface area contributed by atoms with Gasteiger partial charge in [0.2, 0.25) is 5.88 Å². The van der Waals surface area contributed by atoms with E-state index in [-0.39, 0.29) is 29.8 Å². The second kappa shape index (κ2) is 11.6. The van der Waals surface area contributed by atoms with Gasteiger partial charge in [-0.1, -0.05) is 12.1 Å². The number of halogens is 1. The van der Waals surface area contributed by atoms with Crippen molar-refractivity contribution >= 4 is 17.0 Å². The van der Waals surface area contributed by atoms with Gasteiger partial charge in [0, 0.05) is 29.8 Å². The molecule has 2 aliphatic heterocycles. The standard InChI is InChI=1S/C31H29FN5O4/c32-25-14-20(16-33)4-5-23(25)19-41-30-3-1-2-26(35-30)21-8-11-36(12-9-21)18-29-34-27-7-6-22(31(38)39)15-28(27)37(29)17-24-10-13-40-24/h1-7,14-15,21,24H,8-13,17-19H2/t24-/m0/s1. The molecule has 2 aromatic carbocycles. The Hall–Kier alpha value is -4.33. The van der Waals surface area contributed by atoms with E-state index in [1.807, 2.05) is 18.2 Å². The molecular formula is C31H29FN5O4. The number of fused-ring (bicyclic) bond motifs is 1. The van der Waals surface area contributed by atoms with Crippen LogP contribution in [0.2, 0.25) is 0 Å². The molecule has 9 nitrogen and oxygen atoms in total. The van der Waals surface area contributed by atoms with Crippen LogP contribution in [-0.2, 0) is 29.5 Å². The van der Waals surface area contributed by atoms with Gasteiger partial charge in [0.25, 0.3) is 0 Å². The highest BCUT2D eigenvalue weighted by Crippen LogP contribution is 2.30. The van der Waals surface area contributed by atoms with Gasteiger partial charge in [-0.15, -0.1) is 0 Å². The first-order valence-electron chi connectivity index (χ1n) is 13.8. The average molecular weight is 555 g/mol. The number of nitrogens with zero attached hydrogens (tertiary/aromatic N) is 5. The van der Waals surface area contributed by atoms with E-state index in [4.69, 9.17) is 24.7 Å². The fraction of sp³-hybridized carbons (Fsp3) is 0.355. The van der Waals surface area contributed by atoms with Crippen LogP contribution in [0.25, 0.3) is 11.0 Å². The summed E-state index contributed by atoms with van der Waals surface area (Å²) in [5.74, 6) is -0.0628. The smallest absolute Gasteiger partial charge is 0.386 e. The number of rotatable bonds is 9. The van der Waals surface area contributed by atoms with Gasteiger partial charge in [0.05, 0.1) is 47.4 Å². The summed E-state index contributed by atoms with van der Waals surface area (Å²) in [5, 5.41) is 20.4. The Morgan fingerprint density at radius 1 is 1.10 bits per heavy atom. The summed E-state index contributed by atoms with van der Waals surface area (Å²) < 4.78 is 27.8. The van der Waals surface area contributed by atoms with Gasteiger partial charge in [0.1, 0.15) is 18.2 Å². The topological polar surface area (TPSA) is 113 Å². The molecule has 0 N–H and O–H groups in total. The second-order valence-electron chi connectivity index (χ2n) is 10.6. The number of hydrogen-bond donors (Lipinski definition) is 0. The van der Waals surface area contributed by atoms with Crippen molar-refractivity contribution in [1.82, 2.24) is 19.4 Å². The van der Waals surface area contributed by atoms with Gasteiger partial charge in [-0.2, -0.15) is 5.26 Å². The summed E-state index contributed by atoms with van der Waals surface area (Å²) in [6.07, 6.45) is 2.92. The molecule has 0 spiro atoms. The van der Waals surface area contributed by atoms with Gasteiger partial charge >= 0.3 is 5.97 Å². The van der Waals surface area contributed by atoms with E-state index in [9.17, 15) is 14.3 Å². The van der Waals surface area contributed by atoms with Crippen molar-refractivity contribution in [2.45, 2.75) is 51.0 Å². The summed E-state index contributed by atoms with van der Waals surface area (Å²) >= 11 is 0. The summed E-state index contributed by atoms with van der Waals surface area (Å²) in [6, 6.07) is 16.9. The predicted molar refractivity (Wildman–Crippen MR) is 146 cm³/mol. The molecule has 0 saturated carbocycles. The summed E-state index contributed by atoms with van der Waals surface area (Å²) in [4.78, 5) is 23.4. The second-order valence-corrected chi connectivity index (χ2v) is 10.6. The number of hydrogen-bond acceptors (Lipinski definition) is 7. The Kier molecular flexibility index (Phi) is 7.63. The van der Waals surface area contributed by atoms with Crippen molar-refractivity contribution in [3.8, 4) is 11.9 Å². The van der Waals surface area contributed by atoms with Crippen molar-refractivity contribution < 1.29 is 23.8 Å². The third-order valence-electron chi connectivity index (χ3n) is 7.92. The molecule has 209 valence electrons. The first-order valence-corrected chi connectivity index (χ1v) is 13.8. The Morgan fingerprint density at radius 3 is 2.63 bits per heavy atom. The zero-order valence-corrected chi connectivity index (χ0v) is 22.5. The molecule has 2 aromatic heterocycles. The Morgan fingerprint density at radius 2 is 1.93 bits per heavy atom. The molecule has 1 atom stereocenters. The number of carbonyl (C=O) groups excluding carboxylic acids is 1. The van der Waals surface area contributed by atoms with Crippen LogP contribution in [0.4, 0.5) is 4.39 Å². The van der Waals surface area contributed by atoms with Gasteiger partial charge in [0.15, 0.2) is 0 Å². The van der Waals surface area contributed by atoms with Crippen molar-refractivity contribution in [2.75, 3.05) is 19.7 Å². The maximum absolute atomic E-state index is 14.2. The minimum atomic E-state index is -1.20. The minimum absolute atomic E-state index is 0.0316. The van der Waals surface area contributed by atoms with E-state index >= 15 is 0 Å². The number of nitriles is 1. The van der Waals surface area contributed by atoms with Crippen LogP contribution < -0.4 is 4.74 Å². The molecule has 2 saturated heterocycles. The van der Waals surface area contributed by atoms with E-state index in [1.165, 1.54) is 12.1 Å². The van der Waals surface area contributed by atoms with Crippen LogP contribution in [0.3, 0.4) is 0 Å². The number of piperidine rings is 1. The molecule has 10 heteroatoms. The maximum Gasteiger partial charge on any atom is 0.386 e. The lowest BCUT2D eigenvalue weighted by atomic mass is 9.93. The number of benzene rings is 2. The quantitative estimate of drug-likeness (QED) is 0.293. The Balaban J connectivity index is 1.10. The van der Waals surface area contributed by atoms with Crippen molar-refractivity contribution in [3.63, 3.8) is 0 Å². The first-order chi connectivity index (χ1) is 20.0. The van der Waals surface area contributed by atoms with Crippen molar-refractivity contribution in [3.05, 3.63) is 88.6 Å². The van der Waals surface area contributed by atoms with E-state index in [0.29, 0.717) is 24.5 Å². The highest BCUT2D eigenvalue weighted by atomic mass is 19.1. The largest absolute Gasteiger partial charge is 0.473 e. The molecular weight excluding hydrogens is 525 g/mol. The Bertz CT molecular complexity index is 1620. The number of aromatic nitrogens is 3. The maximum atomic E-state index is 14.2. The average Bonchev–Trinajstić information content (AvgIpc) is 3.30. The third-order valence-corrected chi connectivity index (χ3v) is 7.92. The predicted octanol–water partition coefficient (Wildman–Crippen LogP) is 4.76. The zero-order chi connectivity index (χ0) is 28.3. The highest BCUT2D eigenvalue weighted by Gasteiger charge is 2.26. The number of likely N-dealkylation sites (tertiary alicyclic amines) is 1. The molecule has 2 fully saturated rings. The van der Waals surface area contributed by atoms with Gasteiger partial charge < -0.3 is 14.0 Å². The zero-order valence-electron chi connectivity index (χ0n) is 22.5. The number of imidazole rings is 1. The first kappa shape index (κ1) is 26.9. The fourth-order valence-electron chi connectivity index (χ4n) is 5.47. The number of carbonyl (C=O) groups is 1. The fourth-order valence-corrected chi connectivity index (χ4v) is 5.47. The summed E-state index contributed by atoms with van der Waals surface area (Å²) in [7, 11) is 0. The van der Waals surface area contributed by atoms with Crippen molar-refractivity contribution in [1.29, 1.82) is 5.26 Å². The summed E-state index contributed by atoms with van der Waals surface area (Å²) in [6.45, 7) is 3.80. The molecule has 1 radical (unpaired) electrons. The van der Waals surface area contributed by atoms with E-state index in [1.54, 1.807) is 30.3 Å². The van der Waals surface area contributed by atoms with E-state index < -0.39 is 11.8 Å². The molecule has 2 aliphatic rings. The molecule has 6 rings (SSSR count). The molecule has 0 amide bonds. The van der Waals surface area contributed by atoms with Crippen LogP contribution in [0.5, 0.6) is 5.88 Å². The van der Waals surface area contributed by atoms with Crippen molar-refractivity contribution in [2.24, 2.45) is 0 Å².